The molecule has 30 heavy (non-hydrogen) atoms. The highest BCUT2D eigenvalue weighted by molar-refractivity contribution is 6.40. The number of nitrogens with one attached hydrogen (secondary N) is 1. The topological polar surface area (TPSA) is 68.2 Å². The summed E-state index contributed by atoms with van der Waals surface area (Å²) in [4.78, 5) is 13.1. The fraction of sp³-hybridized carbons (Fsp3) is 0.391. The van der Waals surface area contributed by atoms with E-state index in [1.54, 1.807) is 12.1 Å². The summed E-state index contributed by atoms with van der Waals surface area (Å²) in [5.41, 5.74) is 5.26. The van der Waals surface area contributed by atoms with Gasteiger partial charge in [-0.15, -0.1) is 0 Å². The number of carbonyl (C=O) groups excluding carboxylic acids is 1. The van der Waals surface area contributed by atoms with Crippen molar-refractivity contribution >= 4 is 28.9 Å². The molecule has 158 valence electrons. The number of para-hydroxylation sites is 1. The molecule has 2 aromatic carbocycles. The number of hydrazone groups is 1. The van der Waals surface area contributed by atoms with Crippen LogP contribution in [0.4, 0.5) is 5.69 Å². The van der Waals surface area contributed by atoms with Crippen LogP contribution in [-0.2, 0) is 4.79 Å². The summed E-state index contributed by atoms with van der Waals surface area (Å²) in [5.74, 6) is -0.116. The Morgan fingerprint density at radius 1 is 1.07 bits per heavy atom. The van der Waals surface area contributed by atoms with Crippen molar-refractivity contribution in [2.24, 2.45) is 11.0 Å². The first kappa shape index (κ1) is 20.7. The molecule has 2 aliphatic rings. The number of hydrogen-bond acceptors (Lipinski definition) is 5. The van der Waals surface area contributed by atoms with E-state index >= 15 is 0 Å². The molecule has 0 aliphatic carbocycles. The maximum Gasteiger partial charge on any atom is 0.282 e. The highest BCUT2D eigenvalue weighted by Gasteiger charge is 2.40. The van der Waals surface area contributed by atoms with Gasteiger partial charge in [-0.25, -0.2) is 5.01 Å². The van der Waals surface area contributed by atoms with E-state index in [4.69, 9.17) is 16.7 Å². The summed E-state index contributed by atoms with van der Waals surface area (Å²) >= 11 is 6.47. The lowest BCUT2D eigenvalue weighted by Gasteiger charge is -2.27. The van der Waals surface area contributed by atoms with Crippen LogP contribution >= 0.6 is 11.6 Å². The fourth-order valence-corrected chi connectivity index (χ4v) is 4.43. The van der Waals surface area contributed by atoms with Gasteiger partial charge in [0.15, 0.2) is 0 Å². The van der Waals surface area contributed by atoms with Gasteiger partial charge in [-0.1, -0.05) is 55.6 Å². The zero-order chi connectivity index (χ0) is 21.1. The van der Waals surface area contributed by atoms with Gasteiger partial charge in [-0.05, 0) is 42.7 Å². The first-order valence-corrected chi connectivity index (χ1v) is 10.9. The second-order valence-electron chi connectivity index (χ2n) is 7.95. The summed E-state index contributed by atoms with van der Waals surface area (Å²) in [5, 5.41) is 18.9. The van der Waals surface area contributed by atoms with Crippen LogP contribution in [0.1, 0.15) is 44.2 Å². The van der Waals surface area contributed by atoms with Gasteiger partial charge in [-0.3, -0.25) is 15.2 Å². The number of phenols is 1. The van der Waals surface area contributed by atoms with Gasteiger partial charge in [-0.2, -0.15) is 5.10 Å². The number of aromatic hydroxyl groups is 1. The third kappa shape index (κ3) is 4.30. The number of benzene rings is 2. The van der Waals surface area contributed by atoms with E-state index < -0.39 is 0 Å². The quantitative estimate of drug-likeness (QED) is 0.754. The second kappa shape index (κ2) is 9.06. The Morgan fingerprint density at radius 3 is 2.40 bits per heavy atom. The molecule has 4 rings (SSSR count). The van der Waals surface area contributed by atoms with Crippen molar-refractivity contribution < 1.29 is 9.90 Å². The van der Waals surface area contributed by atoms with Crippen LogP contribution in [0.3, 0.4) is 0 Å². The number of amides is 1. The highest BCUT2D eigenvalue weighted by atomic mass is 35.5. The summed E-state index contributed by atoms with van der Waals surface area (Å²) in [6.07, 6.45) is 4.58. The third-order valence-corrected chi connectivity index (χ3v) is 6.14. The fourth-order valence-electron chi connectivity index (χ4n) is 4.21. The van der Waals surface area contributed by atoms with Crippen LogP contribution in [0.25, 0.3) is 0 Å². The number of halogens is 1. The Morgan fingerprint density at radius 2 is 1.73 bits per heavy atom. The van der Waals surface area contributed by atoms with E-state index in [0.29, 0.717) is 10.7 Å². The Labute approximate surface area is 182 Å². The maximum atomic E-state index is 13.1. The average molecular weight is 427 g/mol. The molecular formula is C23H27ClN4O2. The van der Waals surface area contributed by atoms with Crippen LogP contribution in [0.2, 0.25) is 5.02 Å². The van der Waals surface area contributed by atoms with E-state index in [1.807, 2.05) is 53.3 Å². The largest absolute Gasteiger partial charge is 0.508 e. The monoisotopic (exact) mass is 426 g/mol. The lowest BCUT2D eigenvalue weighted by molar-refractivity contribution is -0.119. The van der Waals surface area contributed by atoms with Crippen molar-refractivity contribution in [1.82, 2.24) is 10.4 Å². The molecule has 1 amide bonds. The number of rotatable bonds is 4. The molecular weight excluding hydrogens is 400 g/mol. The van der Waals surface area contributed by atoms with Crippen LogP contribution in [0.5, 0.6) is 5.75 Å². The van der Waals surface area contributed by atoms with Crippen LogP contribution in [0, 0.1) is 5.92 Å². The van der Waals surface area contributed by atoms with E-state index in [2.05, 4.69) is 5.43 Å². The maximum absolute atomic E-state index is 13.1. The molecule has 7 heteroatoms. The van der Waals surface area contributed by atoms with Gasteiger partial charge in [0, 0.05) is 19.0 Å². The van der Waals surface area contributed by atoms with Gasteiger partial charge in [0.25, 0.3) is 5.91 Å². The second-order valence-corrected chi connectivity index (χ2v) is 8.36. The Hall–Kier alpha value is -2.57. The molecule has 0 saturated carbocycles. The van der Waals surface area contributed by atoms with Crippen molar-refractivity contribution in [2.75, 3.05) is 18.1 Å². The molecule has 2 aliphatic heterocycles. The van der Waals surface area contributed by atoms with Crippen LogP contribution < -0.4 is 10.4 Å². The molecule has 0 aromatic heterocycles. The SMILES string of the molecule is CC1C(C(=O)NN2CCCCCC2)=NN(c2ccccc2Cl)C1c1ccc(O)cc1. The number of nitrogens with zero attached hydrogens (tertiary/aromatic N) is 3. The summed E-state index contributed by atoms with van der Waals surface area (Å²) in [6, 6.07) is 14.3. The van der Waals surface area contributed by atoms with Crippen molar-refractivity contribution in [3.05, 3.63) is 59.1 Å². The first-order chi connectivity index (χ1) is 14.5. The van der Waals surface area contributed by atoms with E-state index in [0.717, 1.165) is 37.2 Å². The number of hydrogen-bond donors (Lipinski definition) is 2. The Balaban J connectivity index is 1.65. The predicted molar refractivity (Wildman–Crippen MR) is 120 cm³/mol. The smallest absolute Gasteiger partial charge is 0.282 e. The lowest BCUT2D eigenvalue weighted by Crippen LogP contribution is -2.46. The van der Waals surface area contributed by atoms with Crippen LogP contribution in [-0.4, -0.2) is 34.8 Å². The van der Waals surface area contributed by atoms with Crippen molar-refractivity contribution in [3.8, 4) is 5.75 Å². The summed E-state index contributed by atoms with van der Waals surface area (Å²) in [7, 11) is 0. The molecule has 1 fully saturated rings. The van der Waals surface area contributed by atoms with Gasteiger partial charge < -0.3 is 5.11 Å². The lowest BCUT2D eigenvalue weighted by atomic mass is 9.91. The van der Waals surface area contributed by atoms with Gasteiger partial charge in [0.2, 0.25) is 0 Å². The molecule has 1 saturated heterocycles. The van der Waals surface area contributed by atoms with E-state index in [-0.39, 0.29) is 23.6 Å². The zero-order valence-electron chi connectivity index (χ0n) is 17.1. The molecule has 0 bridgehead atoms. The minimum atomic E-state index is -0.199. The summed E-state index contributed by atoms with van der Waals surface area (Å²) in [6.45, 7) is 3.74. The highest BCUT2D eigenvalue weighted by Crippen LogP contribution is 2.41. The number of phenolic OH excluding ortho intramolecular Hbond substituents is 1. The Bertz CT molecular complexity index is 923. The standard InChI is InChI=1S/C23H27ClN4O2/c1-16-21(23(30)26-27-14-6-2-3-7-15-27)25-28(20-9-5-4-8-19(20)24)22(16)17-10-12-18(29)13-11-17/h4-5,8-13,16,22,29H,2-3,6-7,14-15H2,1H3,(H,26,30). The molecule has 2 N–H and O–H groups in total. The molecule has 0 spiro atoms. The molecule has 2 atom stereocenters. The molecule has 0 radical (unpaired) electrons. The minimum absolute atomic E-state index is 0.155. The number of anilines is 1. The minimum Gasteiger partial charge on any atom is -0.508 e. The first-order valence-electron chi connectivity index (χ1n) is 10.5. The van der Waals surface area contributed by atoms with Gasteiger partial charge in [0.05, 0.1) is 16.8 Å². The van der Waals surface area contributed by atoms with Gasteiger partial charge in [0.1, 0.15) is 11.5 Å². The average Bonchev–Trinajstić information content (AvgIpc) is 2.89. The van der Waals surface area contributed by atoms with E-state index in [9.17, 15) is 9.90 Å². The molecule has 2 heterocycles. The van der Waals surface area contributed by atoms with Crippen molar-refractivity contribution in [2.45, 2.75) is 38.6 Å². The molecule has 2 unspecified atom stereocenters. The van der Waals surface area contributed by atoms with Crippen molar-refractivity contribution in [1.29, 1.82) is 0 Å². The zero-order valence-corrected chi connectivity index (χ0v) is 17.8. The van der Waals surface area contributed by atoms with Crippen LogP contribution in [0.15, 0.2) is 53.6 Å². The number of carbonyl (C=O) groups is 1. The number of hydrazine groups is 1. The molecule has 2 aromatic rings. The Kier molecular flexibility index (Phi) is 6.25. The predicted octanol–water partition coefficient (Wildman–Crippen LogP) is 4.51. The van der Waals surface area contributed by atoms with E-state index in [1.165, 1.54) is 12.8 Å². The molecule has 6 nitrogen and oxygen atoms in total. The summed E-state index contributed by atoms with van der Waals surface area (Å²) < 4.78 is 0. The van der Waals surface area contributed by atoms with Gasteiger partial charge >= 0.3 is 0 Å². The van der Waals surface area contributed by atoms with Crippen molar-refractivity contribution in [3.63, 3.8) is 0 Å². The third-order valence-electron chi connectivity index (χ3n) is 5.82. The normalized spacial score (nSPS) is 22.5.